The van der Waals surface area contributed by atoms with E-state index in [0.717, 1.165) is 0 Å². The standard InChI is InChI=1S/C23H30FN6O7P/c1-13(2)35-22(32)14(3)29-38(33,37-16-7-5-4-6-8-16)34-11-17-15(10-24)9-18(36-17)30-12-26-19-20(30)27-23(25)28-21(19)31/h4-8,12-15,17-18H,9-11H2,1-3H3,(H,29,33)(H3,25,27,28,31)/t14-,15+,17+,18+,38+/m0/s1. The molecular formula is C23H30FN6O7P. The van der Waals surface area contributed by atoms with E-state index in [-0.39, 0.29) is 42.0 Å². The summed E-state index contributed by atoms with van der Waals surface area (Å²) in [5.41, 5.74) is 5.40. The van der Waals surface area contributed by atoms with Crippen molar-refractivity contribution in [2.45, 2.75) is 51.7 Å². The van der Waals surface area contributed by atoms with Crippen LogP contribution in [-0.2, 0) is 23.4 Å². The Hall–Kier alpha value is -3.32. The summed E-state index contributed by atoms with van der Waals surface area (Å²) in [5.74, 6) is -1.14. The predicted octanol–water partition coefficient (Wildman–Crippen LogP) is 2.71. The number of nitrogens with one attached hydrogen (secondary N) is 2. The van der Waals surface area contributed by atoms with Gasteiger partial charge in [0.25, 0.3) is 5.56 Å². The molecule has 0 amide bonds. The van der Waals surface area contributed by atoms with Crippen LogP contribution in [0.3, 0.4) is 0 Å². The van der Waals surface area contributed by atoms with E-state index in [1.807, 2.05) is 0 Å². The van der Waals surface area contributed by atoms with Gasteiger partial charge in [0.05, 0.1) is 31.8 Å². The van der Waals surface area contributed by atoms with Gasteiger partial charge in [-0.15, -0.1) is 0 Å². The first kappa shape index (κ1) is 27.7. The number of aromatic amines is 1. The van der Waals surface area contributed by atoms with E-state index in [0.29, 0.717) is 0 Å². The minimum absolute atomic E-state index is 0.0616. The monoisotopic (exact) mass is 552 g/mol. The molecule has 1 saturated heterocycles. The molecule has 3 aromatic rings. The number of imidazole rings is 1. The van der Waals surface area contributed by atoms with E-state index in [9.17, 15) is 18.5 Å². The first-order chi connectivity index (χ1) is 18.1. The molecule has 4 rings (SSSR count). The molecule has 5 atom stereocenters. The summed E-state index contributed by atoms with van der Waals surface area (Å²) in [6.07, 6.45) is -0.378. The third kappa shape index (κ3) is 6.38. The molecule has 4 N–H and O–H groups in total. The zero-order chi connectivity index (χ0) is 27.4. The Morgan fingerprint density at radius 2 is 2.08 bits per heavy atom. The van der Waals surface area contributed by atoms with E-state index in [4.69, 9.17) is 24.3 Å². The smallest absolute Gasteiger partial charge is 0.459 e. The van der Waals surface area contributed by atoms with Crippen LogP contribution in [-0.4, -0.2) is 57.0 Å². The molecule has 0 saturated carbocycles. The number of halogens is 1. The lowest BCUT2D eigenvalue weighted by Crippen LogP contribution is -2.37. The number of nitrogen functional groups attached to an aromatic ring is 1. The van der Waals surface area contributed by atoms with Crippen LogP contribution in [0.15, 0.2) is 41.5 Å². The number of nitrogens with two attached hydrogens (primary N) is 1. The summed E-state index contributed by atoms with van der Waals surface area (Å²) < 4.78 is 51.7. The molecule has 2 aromatic heterocycles. The Bertz CT molecular complexity index is 1370. The number of hydrogen-bond acceptors (Lipinski definition) is 10. The SMILES string of the molecule is CC(C)OC(=O)[C@H](C)N[P@@](=O)(OC[C@H]1O[C@@H](n2cnc3c(=O)[nH]c(N)nc32)C[C@@H]1CF)Oc1ccccc1. The summed E-state index contributed by atoms with van der Waals surface area (Å²) in [4.78, 5) is 35.0. The van der Waals surface area contributed by atoms with Crippen molar-refractivity contribution in [3.8, 4) is 5.75 Å². The van der Waals surface area contributed by atoms with Crippen molar-refractivity contribution in [1.82, 2.24) is 24.6 Å². The maximum atomic E-state index is 14.0. The summed E-state index contributed by atoms with van der Waals surface area (Å²) >= 11 is 0. The second-order valence-corrected chi connectivity index (χ2v) is 10.8. The zero-order valence-electron chi connectivity index (χ0n) is 21.1. The highest BCUT2D eigenvalue weighted by molar-refractivity contribution is 7.52. The molecule has 13 nitrogen and oxygen atoms in total. The van der Waals surface area contributed by atoms with Gasteiger partial charge in [-0.3, -0.25) is 28.1 Å². The number of aromatic nitrogens is 4. The highest BCUT2D eigenvalue weighted by Crippen LogP contribution is 2.46. The number of benzene rings is 1. The second kappa shape index (κ2) is 11.6. The molecule has 38 heavy (non-hydrogen) atoms. The van der Waals surface area contributed by atoms with Crippen molar-refractivity contribution in [2.75, 3.05) is 19.0 Å². The average Bonchev–Trinajstić information content (AvgIpc) is 3.47. The molecule has 1 fully saturated rings. The fraction of sp³-hybridized carbons (Fsp3) is 0.478. The normalized spacial score (nSPS) is 21.9. The van der Waals surface area contributed by atoms with Crippen molar-refractivity contribution >= 4 is 30.8 Å². The van der Waals surface area contributed by atoms with Crippen LogP contribution in [0.2, 0.25) is 0 Å². The van der Waals surface area contributed by atoms with Gasteiger partial charge in [0.15, 0.2) is 11.2 Å². The number of rotatable bonds is 11. The number of anilines is 1. The molecule has 1 aliphatic heterocycles. The Labute approximate surface area is 217 Å². The number of carbonyl (C=O) groups is 1. The number of nitrogens with zero attached hydrogens (tertiary/aromatic N) is 3. The van der Waals surface area contributed by atoms with E-state index >= 15 is 0 Å². The lowest BCUT2D eigenvalue weighted by molar-refractivity contribution is -0.149. The summed E-state index contributed by atoms with van der Waals surface area (Å²) in [6, 6.07) is 7.23. The van der Waals surface area contributed by atoms with Gasteiger partial charge in [-0.05, 0) is 32.9 Å². The van der Waals surface area contributed by atoms with E-state index in [2.05, 4.69) is 20.0 Å². The lowest BCUT2D eigenvalue weighted by atomic mass is 10.0. The molecule has 3 heterocycles. The third-order valence-electron chi connectivity index (χ3n) is 5.76. The third-order valence-corrected chi connectivity index (χ3v) is 7.40. The average molecular weight is 553 g/mol. The van der Waals surface area contributed by atoms with Gasteiger partial charge in [-0.25, -0.2) is 9.55 Å². The molecule has 0 unspecified atom stereocenters. The highest BCUT2D eigenvalue weighted by Gasteiger charge is 2.40. The van der Waals surface area contributed by atoms with Crippen LogP contribution in [0.4, 0.5) is 10.3 Å². The van der Waals surface area contributed by atoms with Crippen molar-refractivity contribution < 1.29 is 32.3 Å². The van der Waals surface area contributed by atoms with Crippen LogP contribution < -0.4 is 20.9 Å². The summed E-state index contributed by atoms with van der Waals surface area (Å²) in [7, 11) is -4.16. The van der Waals surface area contributed by atoms with Crippen molar-refractivity contribution in [3.63, 3.8) is 0 Å². The first-order valence-electron chi connectivity index (χ1n) is 12.0. The zero-order valence-corrected chi connectivity index (χ0v) is 22.0. The van der Waals surface area contributed by atoms with Crippen LogP contribution in [0.1, 0.15) is 33.4 Å². The van der Waals surface area contributed by atoms with Gasteiger partial charge in [0, 0.05) is 12.3 Å². The molecule has 1 aliphatic rings. The molecule has 0 spiro atoms. The first-order valence-corrected chi connectivity index (χ1v) is 13.5. The van der Waals surface area contributed by atoms with Crippen LogP contribution in [0.25, 0.3) is 11.2 Å². The molecule has 206 valence electrons. The Morgan fingerprint density at radius 1 is 1.34 bits per heavy atom. The molecule has 0 aliphatic carbocycles. The van der Waals surface area contributed by atoms with E-state index in [1.54, 1.807) is 44.2 Å². The minimum atomic E-state index is -4.16. The van der Waals surface area contributed by atoms with Gasteiger partial charge < -0.3 is 19.7 Å². The Morgan fingerprint density at radius 3 is 2.76 bits per heavy atom. The number of alkyl halides is 1. The van der Waals surface area contributed by atoms with Gasteiger partial charge in [0.2, 0.25) is 5.95 Å². The van der Waals surface area contributed by atoms with Crippen molar-refractivity contribution in [1.29, 1.82) is 0 Å². The number of ether oxygens (including phenoxy) is 2. The largest absolute Gasteiger partial charge is 0.462 e. The lowest BCUT2D eigenvalue weighted by Gasteiger charge is -2.25. The number of fused-ring (bicyclic) bond motifs is 1. The fourth-order valence-electron chi connectivity index (χ4n) is 3.96. The maximum absolute atomic E-state index is 14.0. The van der Waals surface area contributed by atoms with Gasteiger partial charge in [-0.2, -0.15) is 10.1 Å². The van der Waals surface area contributed by atoms with Crippen LogP contribution in [0.5, 0.6) is 5.75 Å². The molecular weight excluding hydrogens is 522 g/mol. The number of esters is 1. The molecule has 0 bridgehead atoms. The molecule has 0 radical (unpaired) electrons. The van der Waals surface area contributed by atoms with Gasteiger partial charge in [-0.1, -0.05) is 18.2 Å². The number of hydrogen-bond donors (Lipinski definition) is 3. The predicted molar refractivity (Wildman–Crippen MR) is 135 cm³/mol. The summed E-state index contributed by atoms with van der Waals surface area (Å²) in [5, 5.41) is 2.59. The van der Waals surface area contributed by atoms with E-state index < -0.39 is 50.2 Å². The van der Waals surface area contributed by atoms with Gasteiger partial charge in [0.1, 0.15) is 18.0 Å². The van der Waals surface area contributed by atoms with Crippen LogP contribution >= 0.6 is 7.75 Å². The maximum Gasteiger partial charge on any atom is 0.459 e. The minimum Gasteiger partial charge on any atom is -0.462 e. The number of para-hydroxylation sites is 1. The summed E-state index contributed by atoms with van der Waals surface area (Å²) in [6.45, 7) is 3.77. The van der Waals surface area contributed by atoms with Gasteiger partial charge >= 0.3 is 13.7 Å². The quantitative estimate of drug-likeness (QED) is 0.236. The molecule has 1 aromatic carbocycles. The van der Waals surface area contributed by atoms with Crippen LogP contribution in [0, 0.1) is 5.92 Å². The highest BCUT2D eigenvalue weighted by atomic mass is 31.2. The second-order valence-electron chi connectivity index (χ2n) is 9.09. The Kier molecular flexibility index (Phi) is 8.46. The molecule has 15 heteroatoms. The van der Waals surface area contributed by atoms with Crippen molar-refractivity contribution in [3.05, 3.63) is 47.0 Å². The topological polar surface area (TPSA) is 173 Å². The van der Waals surface area contributed by atoms with Crippen molar-refractivity contribution in [2.24, 2.45) is 5.92 Å². The number of carbonyl (C=O) groups excluding carboxylic acids is 1. The van der Waals surface area contributed by atoms with E-state index in [1.165, 1.54) is 17.8 Å². The fourth-order valence-corrected chi connectivity index (χ4v) is 5.46. The number of H-pyrrole nitrogens is 1. The Balaban J connectivity index is 1.51.